The zero-order valence-electron chi connectivity index (χ0n) is 12.7. The molecule has 6 nitrogen and oxygen atoms in total. The number of ether oxygens (including phenoxy) is 1. The third-order valence-corrected chi connectivity index (χ3v) is 3.99. The minimum absolute atomic E-state index is 0.265. The van der Waals surface area contributed by atoms with Crippen LogP contribution in [0.1, 0.15) is 12.8 Å². The van der Waals surface area contributed by atoms with Gasteiger partial charge in [0.1, 0.15) is 12.1 Å². The van der Waals surface area contributed by atoms with Gasteiger partial charge in [0.05, 0.1) is 12.1 Å². The largest absolute Gasteiger partial charge is 0.481 e. The van der Waals surface area contributed by atoms with Crippen molar-refractivity contribution in [2.75, 3.05) is 30.4 Å². The molecule has 1 aliphatic heterocycles. The topological polar surface area (TPSA) is 63.2 Å². The molecule has 0 spiro atoms. The molecule has 1 aliphatic rings. The molecule has 0 aliphatic carbocycles. The molecule has 0 radical (unpaired) electrons. The summed E-state index contributed by atoms with van der Waals surface area (Å²) in [6.07, 6.45) is 4.65. The van der Waals surface area contributed by atoms with E-state index in [1.807, 2.05) is 4.90 Å². The van der Waals surface area contributed by atoms with Crippen LogP contribution in [0.15, 0.2) is 24.7 Å². The van der Waals surface area contributed by atoms with Gasteiger partial charge in [-0.2, -0.15) is 0 Å². The van der Waals surface area contributed by atoms with E-state index >= 15 is 0 Å². The number of hydrogen-bond acceptors (Lipinski definition) is 6. The highest BCUT2D eigenvalue weighted by molar-refractivity contribution is 6.30. The highest BCUT2D eigenvalue weighted by Crippen LogP contribution is 2.24. The van der Waals surface area contributed by atoms with Crippen molar-refractivity contribution in [2.24, 2.45) is 0 Å². The van der Waals surface area contributed by atoms with Crippen LogP contribution in [0.2, 0.25) is 5.02 Å². The van der Waals surface area contributed by atoms with Crippen molar-refractivity contribution in [3.05, 3.63) is 35.5 Å². The van der Waals surface area contributed by atoms with Crippen LogP contribution in [0.3, 0.4) is 0 Å². The van der Waals surface area contributed by atoms with Gasteiger partial charge in [0.25, 0.3) is 0 Å². The van der Waals surface area contributed by atoms with Gasteiger partial charge < -0.3 is 15.0 Å². The van der Waals surface area contributed by atoms with Crippen LogP contribution < -0.4 is 15.0 Å². The molecule has 1 N–H and O–H groups in total. The molecule has 0 atom stereocenters. The first-order chi connectivity index (χ1) is 11.2. The lowest BCUT2D eigenvalue weighted by atomic mass is 10.0. The number of aromatic nitrogens is 3. The second kappa shape index (κ2) is 6.95. The Morgan fingerprint density at radius 3 is 2.74 bits per heavy atom. The van der Waals surface area contributed by atoms with E-state index in [4.69, 9.17) is 16.3 Å². The van der Waals surface area contributed by atoms with Gasteiger partial charge in [0.15, 0.2) is 11.6 Å². The zero-order chi connectivity index (χ0) is 16.2. The summed E-state index contributed by atoms with van der Waals surface area (Å²) in [5.41, 5.74) is 0. The van der Waals surface area contributed by atoms with Gasteiger partial charge in [-0.1, -0.05) is 11.6 Å². The van der Waals surface area contributed by atoms with Crippen molar-refractivity contribution in [3.8, 4) is 5.88 Å². The summed E-state index contributed by atoms with van der Waals surface area (Å²) in [5.74, 6) is 1.22. The highest BCUT2D eigenvalue weighted by Gasteiger charge is 2.22. The van der Waals surface area contributed by atoms with Crippen LogP contribution in [0.5, 0.6) is 5.88 Å². The summed E-state index contributed by atoms with van der Waals surface area (Å²) in [6, 6.07) is 3.31. The van der Waals surface area contributed by atoms with E-state index in [9.17, 15) is 4.39 Å². The second-order valence-electron chi connectivity index (χ2n) is 5.31. The maximum absolute atomic E-state index is 13.9. The summed E-state index contributed by atoms with van der Waals surface area (Å²) in [5, 5.41) is 3.66. The van der Waals surface area contributed by atoms with E-state index < -0.39 is 0 Å². The van der Waals surface area contributed by atoms with Gasteiger partial charge in [-0.05, 0) is 18.9 Å². The predicted octanol–water partition coefficient (Wildman–Crippen LogP) is 2.75. The number of nitrogens with one attached hydrogen (secondary N) is 1. The normalized spacial score (nSPS) is 15.5. The van der Waals surface area contributed by atoms with Gasteiger partial charge in [-0.15, -0.1) is 0 Å². The Hall–Kier alpha value is -2.15. The Morgan fingerprint density at radius 2 is 2.04 bits per heavy atom. The molecule has 122 valence electrons. The third-order valence-electron chi connectivity index (χ3n) is 3.79. The van der Waals surface area contributed by atoms with Crippen LogP contribution in [0, 0.1) is 5.82 Å². The molecule has 0 amide bonds. The number of nitrogens with zero attached hydrogens (tertiary/aromatic N) is 4. The Morgan fingerprint density at radius 1 is 1.26 bits per heavy atom. The SMILES string of the molecule is COc1cc(NC2CCN(c3ncc(Cl)cc3F)CC2)ncn1. The minimum Gasteiger partial charge on any atom is -0.481 e. The van der Waals surface area contributed by atoms with E-state index in [-0.39, 0.29) is 11.9 Å². The number of halogens is 2. The van der Waals surface area contributed by atoms with Crippen molar-refractivity contribution in [2.45, 2.75) is 18.9 Å². The van der Waals surface area contributed by atoms with Crippen LogP contribution in [-0.4, -0.2) is 41.2 Å². The fraction of sp³-hybridized carbons (Fsp3) is 0.400. The van der Waals surface area contributed by atoms with E-state index in [2.05, 4.69) is 20.3 Å². The molecule has 3 heterocycles. The lowest BCUT2D eigenvalue weighted by molar-refractivity contribution is 0.397. The quantitative estimate of drug-likeness (QED) is 0.925. The summed E-state index contributed by atoms with van der Waals surface area (Å²) in [4.78, 5) is 14.2. The van der Waals surface area contributed by atoms with Crippen LogP contribution in [-0.2, 0) is 0 Å². The Balaban J connectivity index is 1.59. The Kier molecular flexibility index (Phi) is 4.76. The van der Waals surface area contributed by atoms with Gasteiger partial charge in [0, 0.05) is 31.4 Å². The first-order valence-corrected chi connectivity index (χ1v) is 7.72. The molecule has 2 aromatic heterocycles. The fourth-order valence-electron chi connectivity index (χ4n) is 2.61. The average Bonchev–Trinajstić information content (AvgIpc) is 2.56. The Bertz CT molecular complexity index is 679. The Labute approximate surface area is 138 Å². The molecule has 3 rings (SSSR count). The molecule has 2 aromatic rings. The first kappa shape index (κ1) is 15.7. The molecule has 0 saturated carbocycles. The maximum Gasteiger partial charge on any atom is 0.218 e. The number of pyridine rings is 1. The molecule has 1 fully saturated rings. The standard InChI is InChI=1S/C15H17ClFN5O/c1-23-14-7-13(19-9-20-14)21-11-2-4-22(5-3-11)15-12(17)6-10(16)8-18-15/h6-9,11H,2-5H2,1H3,(H,19,20,21). The average molecular weight is 338 g/mol. The smallest absolute Gasteiger partial charge is 0.218 e. The van der Waals surface area contributed by atoms with Gasteiger partial charge in [-0.3, -0.25) is 0 Å². The minimum atomic E-state index is -0.385. The van der Waals surface area contributed by atoms with Crippen LogP contribution >= 0.6 is 11.6 Å². The highest BCUT2D eigenvalue weighted by atomic mass is 35.5. The van der Waals surface area contributed by atoms with Gasteiger partial charge >= 0.3 is 0 Å². The second-order valence-corrected chi connectivity index (χ2v) is 5.75. The summed E-state index contributed by atoms with van der Waals surface area (Å²) in [6.45, 7) is 1.43. The monoisotopic (exact) mass is 337 g/mol. The van der Waals surface area contributed by atoms with Crippen molar-refractivity contribution < 1.29 is 9.13 Å². The number of hydrogen-bond donors (Lipinski definition) is 1. The van der Waals surface area contributed by atoms with Crippen molar-refractivity contribution >= 4 is 23.2 Å². The zero-order valence-corrected chi connectivity index (χ0v) is 13.4. The van der Waals surface area contributed by atoms with E-state index in [0.29, 0.717) is 29.8 Å². The number of methoxy groups -OCH3 is 1. The van der Waals surface area contributed by atoms with E-state index in [1.165, 1.54) is 18.6 Å². The van der Waals surface area contributed by atoms with Crippen molar-refractivity contribution in [1.29, 1.82) is 0 Å². The fourth-order valence-corrected chi connectivity index (χ4v) is 2.76. The number of piperidine rings is 1. The first-order valence-electron chi connectivity index (χ1n) is 7.34. The molecular weight excluding hydrogens is 321 g/mol. The van der Waals surface area contributed by atoms with E-state index in [1.54, 1.807) is 13.2 Å². The maximum atomic E-state index is 13.9. The summed E-state index contributed by atoms with van der Waals surface area (Å²) >= 11 is 5.74. The van der Waals surface area contributed by atoms with Crippen molar-refractivity contribution in [1.82, 2.24) is 15.0 Å². The summed E-state index contributed by atoms with van der Waals surface area (Å²) < 4.78 is 19.0. The van der Waals surface area contributed by atoms with Gasteiger partial charge in [-0.25, -0.2) is 19.3 Å². The third kappa shape index (κ3) is 3.79. The predicted molar refractivity (Wildman–Crippen MR) is 86.6 cm³/mol. The van der Waals surface area contributed by atoms with Crippen LogP contribution in [0.25, 0.3) is 0 Å². The molecule has 23 heavy (non-hydrogen) atoms. The lowest BCUT2D eigenvalue weighted by Crippen LogP contribution is -2.40. The number of anilines is 2. The molecule has 1 saturated heterocycles. The van der Waals surface area contributed by atoms with Crippen LogP contribution in [0.4, 0.5) is 16.0 Å². The lowest BCUT2D eigenvalue weighted by Gasteiger charge is -2.33. The molecule has 0 aromatic carbocycles. The molecule has 0 bridgehead atoms. The van der Waals surface area contributed by atoms with Crippen molar-refractivity contribution in [3.63, 3.8) is 0 Å². The van der Waals surface area contributed by atoms with E-state index in [0.717, 1.165) is 18.7 Å². The van der Waals surface area contributed by atoms with Gasteiger partial charge in [0.2, 0.25) is 5.88 Å². The summed E-state index contributed by atoms with van der Waals surface area (Å²) in [7, 11) is 1.57. The molecule has 0 unspecified atom stereocenters. The molecular formula is C15H17ClFN5O. The molecule has 8 heteroatoms. The number of rotatable bonds is 4.